The fourth-order valence-electron chi connectivity index (χ4n) is 2.24. The van der Waals surface area contributed by atoms with Gasteiger partial charge in [-0.25, -0.2) is 4.79 Å². The van der Waals surface area contributed by atoms with E-state index in [2.05, 4.69) is 16.5 Å². The van der Waals surface area contributed by atoms with E-state index in [9.17, 15) is 14.9 Å². The predicted molar refractivity (Wildman–Crippen MR) is 94.0 cm³/mol. The first-order valence-electron chi connectivity index (χ1n) is 8.19. The van der Waals surface area contributed by atoms with Crippen LogP contribution in [0.15, 0.2) is 34.9 Å². The molecule has 1 aromatic heterocycles. The monoisotopic (exact) mass is 355 g/mol. The van der Waals surface area contributed by atoms with Crippen LogP contribution in [-0.2, 0) is 9.53 Å². The van der Waals surface area contributed by atoms with E-state index in [1.807, 2.05) is 32.0 Å². The highest BCUT2D eigenvalue weighted by Gasteiger charge is 2.31. The number of benzene rings is 1. The number of carbonyl (C=O) groups excluding carboxylic acids is 2. The highest BCUT2D eigenvalue weighted by Crippen LogP contribution is 2.25. The van der Waals surface area contributed by atoms with Crippen molar-refractivity contribution in [1.29, 1.82) is 5.26 Å². The van der Waals surface area contributed by atoms with Crippen molar-refractivity contribution in [1.82, 2.24) is 10.5 Å². The maximum absolute atomic E-state index is 12.4. The molecule has 0 saturated carbocycles. The predicted octanol–water partition coefficient (Wildman–Crippen LogP) is 2.86. The van der Waals surface area contributed by atoms with E-state index in [1.54, 1.807) is 26.0 Å². The van der Waals surface area contributed by atoms with Crippen molar-refractivity contribution < 1.29 is 18.8 Å². The van der Waals surface area contributed by atoms with Gasteiger partial charge < -0.3 is 14.6 Å². The van der Waals surface area contributed by atoms with Crippen molar-refractivity contribution in [2.75, 3.05) is 6.61 Å². The fraction of sp³-hybridized carbons (Fsp3) is 0.368. The van der Waals surface area contributed by atoms with E-state index in [4.69, 9.17) is 9.26 Å². The number of hydrogen-bond acceptors (Lipinski definition) is 6. The standard InChI is InChI=1S/C19H21N3O4/c1-12(2)19(4,11-20)21-15(23)10-25-18(24)16-13(3)26-22-17(16)14-8-6-5-7-9-14/h5-9,12H,10H2,1-4H3,(H,21,23)/t19-/m1/s1. The van der Waals surface area contributed by atoms with Gasteiger partial charge in [0.15, 0.2) is 6.61 Å². The Bertz CT molecular complexity index is 836. The van der Waals surface area contributed by atoms with E-state index in [1.165, 1.54) is 0 Å². The number of esters is 1. The van der Waals surface area contributed by atoms with E-state index < -0.39 is 24.0 Å². The molecule has 2 rings (SSSR count). The molecule has 0 spiro atoms. The molecule has 0 aliphatic rings. The molecular weight excluding hydrogens is 334 g/mol. The maximum atomic E-state index is 12.4. The average molecular weight is 355 g/mol. The Hall–Kier alpha value is -3.14. The zero-order chi connectivity index (χ0) is 19.3. The van der Waals surface area contributed by atoms with E-state index >= 15 is 0 Å². The summed E-state index contributed by atoms with van der Waals surface area (Å²) in [5.74, 6) is -1.05. The summed E-state index contributed by atoms with van der Waals surface area (Å²) in [5, 5.41) is 15.7. The Balaban J connectivity index is 2.09. The molecule has 0 fully saturated rings. The van der Waals surface area contributed by atoms with Gasteiger partial charge >= 0.3 is 5.97 Å². The molecule has 7 nitrogen and oxygen atoms in total. The van der Waals surface area contributed by atoms with Crippen LogP contribution in [-0.4, -0.2) is 29.2 Å². The van der Waals surface area contributed by atoms with Crippen LogP contribution >= 0.6 is 0 Å². The summed E-state index contributed by atoms with van der Waals surface area (Å²) in [4.78, 5) is 24.5. The number of carbonyl (C=O) groups is 2. The molecule has 0 aliphatic carbocycles. The number of nitriles is 1. The number of aryl methyl sites for hydroxylation is 1. The van der Waals surface area contributed by atoms with Gasteiger partial charge in [0.2, 0.25) is 0 Å². The van der Waals surface area contributed by atoms with Crippen LogP contribution in [0.25, 0.3) is 11.3 Å². The van der Waals surface area contributed by atoms with Crippen molar-refractivity contribution in [3.05, 3.63) is 41.7 Å². The second kappa shape index (κ2) is 7.83. The summed E-state index contributed by atoms with van der Waals surface area (Å²) >= 11 is 0. The number of ether oxygens (including phenoxy) is 1. The minimum absolute atomic E-state index is 0.0999. The number of rotatable bonds is 6. The van der Waals surface area contributed by atoms with Crippen LogP contribution in [0.5, 0.6) is 0 Å². The lowest BCUT2D eigenvalue weighted by molar-refractivity contribution is -0.125. The fourth-order valence-corrected chi connectivity index (χ4v) is 2.24. The molecule has 1 aromatic carbocycles. The smallest absolute Gasteiger partial charge is 0.344 e. The van der Waals surface area contributed by atoms with Crippen LogP contribution in [0.4, 0.5) is 0 Å². The van der Waals surface area contributed by atoms with Gasteiger partial charge in [-0.1, -0.05) is 49.3 Å². The van der Waals surface area contributed by atoms with Crippen LogP contribution in [0.2, 0.25) is 0 Å². The molecule has 136 valence electrons. The summed E-state index contributed by atoms with van der Waals surface area (Å²) in [6, 6.07) is 11.1. The Morgan fingerprint density at radius 3 is 2.58 bits per heavy atom. The molecule has 2 aromatic rings. The van der Waals surface area contributed by atoms with E-state index in [0.717, 1.165) is 0 Å². The number of nitrogens with one attached hydrogen (secondary N) is 1. The molecule has 0 unspecified atom stereocenters. The zero-order valence-electron chi connectivity index (χ0n) is 15.2. The highest BCUT2D eigenvalue weighted by molar-refractivity contribution is 5.98. The van der Waals surface area contributed by atoms with Crippen LogP contribution < -0.4 is 5.32 Å². The van der Waals surface area contributed by atoms with Gasteiger partial charge in [0.05, 0.1) is 6.07 Å². The van der Waals surface area contributed by atoms with Crippen LogP contribution in [0, 0.1) is 24.2 Å². The third-order valence-electron chi connectivity index (χ3n) is 4.23. The highest BCUT2D eigenvalue weighted by atomic mass is 16.5. The van der Waals surface area contributed by atoms with Gasteiger partial charge in [-0.05, 0) is 19.8 Å². The SMILES string of the molecule is Cc1onc(-c2ccccc2)c1C(=O)OCC(=O)N[C@](C)(C#N)C(C)C. The first kappa shape index (κ1) is 19.2. The minimum Gasteiger partial charge on any atom is -0.452 e. The van der Waals surface area contributed by atoms with Gasteiger partial charge in [0.25, 0.3) is 5.91 Å². The van der Waals surface area contributed by atoms with Crippen molar-refractivity contribution in [2.24, 2.45) is 5.92 Å². The minimum atomic E-state index is -1.04. The van der Waals surface area contributed by atoms with E-state index in [0.29, 0.717) is 17.0 Å². The Kier molecular flexibility index (Phi) is 5.78. The van der Waals surface area contributed by atoms with Crippen LogP contribution in [0.1, 0.15) is 36.9 Å². The zero-order valence-corrected chi connectivity index (χ0v) is 15.2. The Morgan fingerprint density at radius 1 is 1.35 bits per heavy atom. The van der Waals surface area contributed by atoms with Crippen molar-refractivity contribution in [2.45, 2.75) is 33.2 Å². The maximum Gasteiger partial charge on any atom is 0.344 e. The van der Waals surface area contributed by atoms with Crippen molar-refractivity contribution >= 4 is 11.9 Å². The van der Waals surface area contributed by atoms with Crippen molar-refractivity contribution in [3.63, 3.8) is 0 Å². The topological polar surface area (TPSA) is 105 Å². The molecule has 0 radical (unpaired) electrons. The molecule has 1 amide bonds. The second-order valence-electron chi connectivity index (χ2n) is 6.42. The molecule has 0 saturated heterocycles. The lowest BCUT2D eigenvalue weighted by Crippen LogP contribution is -2.50. The second-order valence-corrected chi connectivity index (χ2v) is 6.42. The summed E-state index contributed by atoms with van der Waals surface area (Å²) in [6.07, 6.45) is 0. The summed E-state index contributed by atoms with van der Waals surface area (Å²) < 4.78 is 10.2. The molecule has 1 heterocycles. The molecular formula is C19H21N3O4. The summed E-state index contributed by atoms with van der Waals surface area (Å²) in [7, 11) is 0. The van der Waals surface area contributed by atoms with E-state index in [-0.39, 0.29) is 11.5 Å². The lowest BCUT2D eigenvalue weighted by atomic mass is 9.90. The van der Waals surface area contributed by atoms with Crippen molar-refractivity contribution in [3.8, 4) is 17.3 Å². The quantitative estimate of drug-likeness (QED) is 0.799. The third kappa shape index (κ3) is 4.09. The third-order valence-corrected chi connectivity index (χ3v) is 4.23. The van der Waals surface area contributed by atoms with Crippen LogP contribution in [0.3, 0.4) is 0 Å². The normalized spacial score (nSPS) is 12.9. The molecule has 0 bridgehead atoms. The molecule has 1 atom stereocenters. The lowest BCUT2D eigenvalue weighted by Gasteiger charge is -2.27. The Labute approximate surface area is 151 Å². The van der Waals surface area contributed by atoms with Gasteiger partial charge in [-0.3, -0.25) is 4.79 Å². The number of hydrogen-bond donors (Lipinski definition) is 1. The van der Waals surface area contributed by atoms with Gasteiger partial charge in [0, 0.05) is 5.56 Å². The van der Waals surface area contributed by atoms with Gasteiger partial charge in [-0.15, -0.1) is 0 Å². The molecule has 1 N–H and O–H groups in total. The van der Waals surface area contributed by atoms with Gasteiger partial charge in [0.1, 0.15) is 22.6 Å². The average Bonchev–Trinajstić information content (AvgIpc) is 3.01. The number of amides is 1. The molecule has 0 aliphatic heterocycles. The molecule has 26 heavy (non-hydrogen) atoms. The van der Waals surface area contributed by atoms with Gasteiger partial charge in [-0.2, -0.15) is 5.26 Å². The Morgan fingerprint density at radius 2 is 2.00 bits per heavy atom. The number of aromatic nitrogens is 1. The summed E-state index contributed by atoms with van der Waals surface area (Å²) in [5.41, 5.74) is 0.206. The summed E-state index contributed by atoms with van der Waals surface area (Å²) in [6.45, 7) is 6.36. The number of nitrogens with zero attached hydrogens (tertiary/aromatic N) is 2. The molecule has 7 heteroatoms. The first-order chi connectivity index (χ1) is 12.3. The largest absolute Gasteiger partial charge is 0.452 e. The first-order valence-corrected chi connectivity index (χ1v) is 8.19.